The van der Waals surface area contributed by atoms with Crippen LogP contribution in [0.1, 0.15) is 18.1 Å². The highest BCUT2D eigenvalue weighted by Crippen LogP contribution is 2.10. The minimum atomic E-state index is -2.45. The van der Waals surface area contributed by atoms with E-state index in [-0.39, 0.29) is 19.0 Å². The number of benzene rings is 1. The average Bonchev–Trinajstić information content (AvgIpc) is 2.42. The molecule has 1 atom stereocenters. The second-order valence-corrected chi connectivity index (χ2v) is 4.66. The number of hydrogen-bond donors (Lipinski definition) is 3. The first-order valence-corrected chi connectivity index (χ1v) is 6.65. The van der Waals surface area contributed by atoms with Crippen molar-refractivity contribution in [1.29, 1.82) is 0 Å². The van der Waals surface area contributed by atoms with Crippen LogP contribution in [0.25, 0.3) is 0 Å². The third kappa shape index (κ3) is 5.97. The van der Waals surface area contributed by atoms with Crippen molar-refractivity contribution in [1.82, 2.24) is 5.32 Å². The van der Waals surface area contributed by atoms with Crippen LogP contribution in [-0.4, -0.2) is 25.5 Å². The summed E-state index contributed by atoms with van der Waals surface area (Å²) >= 11 is 0. The van der Waals surface area contributed by atoms with Crippen molar-refractivity contribution < 1.29 is 8.78 Å². The van der Waals surface area contributed by atoms with Gasteiger partial charge < -0.3 is 16.8 Å². The predicted molar refractivity (Wildman–Crippen MR) is 77.7 cm³/mol. The summed E-state index contributed by atoms with van der Waals surface area (Å²) in [6.07, 6.45) is -1.47. The first kappa shape index (κ1) is 16.4. The second kappa shape index (κ2) is 8.47. The molecule has 0 aliphatic heterocycles. The lowest BCUT2D eigenvalue weighted by Crippen LogP contribution is -2.31. The van der Waals surface area contributed by atoms with Gasteiger partial charge in [0, 0.05) is 13.1 Å². The molecule has 1 rings (SSSR count). The number of halogens is 2. The van der Waals surface area contributed by atoms with E-state index in [2.05, 4.69) is 17.2 Å². The van der Waals surface area contributed by atoms with Crippen molar-refractivity contribution >= 4 is 5.96 Å². The first-order chi connectivity index (χ1) is 9.52. The zero-order chi connectivity index (χ0) is 15.0. The molecule has 1 aromatic carbocycles. The van der Waals surface area contributed by atoms with Gasteiger partial charge in [-0.1, -0.05) is 31.2 Å². The fourth-order valence-electron chi connectivity index (χ4n) is 1.75. The molecule has 0 saturated heterocycles. The van der Waals surface area contributed by atoms with Gasteiger partial charge in [-0.15, -0.1) is 0 Å². The van der Waals surface area contributed by atoms with Gasteiger partial charge in [-0.2, -0.15) is 0 Å². The highest BCUT2D eigenvalue weighted by atomic mass is 19.3. The Balaban J connectivity index is 2.41. The quantitative estimate of drug-likeness (QED) is 0.500. The van der Waals surface area contributed by atoms with Crippen LogP contribution < -0.4 is 16.8 Å². The van der Waals surface area contributed by atoms with Crippen LogP contribution in [0.2, 0.25) is 0 Å². The molecule has 0 aliphatic rings. The van der Waals surface area contributed by atoms with E-state index in [1.807, 2.05) is 24.3 Å². The minimum Gasteiger partial charge on any atom is -0.370 e. The van der Waals surface area contributed by atoms with Gasteiger partial charge >= 0.3 is 0 Å². The fraction of sp³-hybridized carbons (Fsp3) is 0.500. The van der Waals surface area contributed by atoms with Gasteiger partial charge in [0.15, 0.2) is 5.96 Å². The Morgan fingerprint density at radius 2 is 1.80 bits per heavy atom. The molecule has 0 bridgehead atoms. The van der Waals surface area contributed by atoms with E-state index in [1.165, 1.54) is 5.56 Å². The Labute approximate surface area is 118 Å². The van der Waals surface area contributed by atoms with Gasteiger partial charge in [-0.05, 0) is 17.5 Å². The third-order valence-corrected chi connectivity index (χ3v) is 3.03. The maximum Gasteiger partial charge on any atom is 0.244 e. The van der Waals surface area contributed by atoms with Crippen LogP contribution in [-0.2, 0) is 13.0 Å². The molecule has 0 heterocycles. The van der Waals surface area contributed by atoms with Crippen molar-refractivity contribution in [3.63, 3.8) is 0 Å². The molecule has 112 valence electrons. The molecule has 0 aliphatic carbocycles. The largest absolute Gasteiger partial charge is 0.370 e. The average molecular weight is 284 g/mol. The Morgan fingerprint density at radius 1 is 1.20 bits per heavy atom. The number of hydrogen-bond acceptors (Lipinski definition) is 2. The lowest BCUT2D eigenvalue weighted by Gasteiger charge is -2.15. The SMILES string of the molecule is CCc1ccc(CNCC(CN=C(N)N)C(F)F)cc1. The summed E-state index contributed by atoms with van der Waals surface area (Å²) in [6, 6.07) is 8.08. The molecule has 0 spiro atoms. The maximum absolute atomic E-state index is 12.8. The Kier molecular flexibility index (Phi) is 6.93. The molecule has 4 nitrogen and oxygen atoms in total. The maximum atomic E-state index is 12.8. The van der Waals surface area contributed by atoms with Gasteiger partial charge in [0.05, 0.1) is 12.5 Å². The molecule has 1 unspecified atom stereocenters. The molecule has 5 N–H and O–H groups in total. The van der Waals surface area contributed by atoms with E-state index in [0.29, 0.717) is 6.54 Å². The molecule has 1 aromatic rings. The van der Waals surface area contributed by atoms with Crippen molar-refractivity contribution in [2.45, 2.75) is 26.3 Å². The molecular formula is C14H22F2N4. The molecule has 20 heavy (non-hydrogen) atoms. The molecule has 0 amide bonds. The standard InChI is InChI=1S/C14H22F2N4/c1-2-10-3-5-11(6-4-10)7-19-8-12(13(15)16)9-20-14(17)18/h3-6,12-13,19H,2,7-9H2,1H3,(H4,17,18,20). The van der Waals surface area contributed by atoms with Crippen LogP contribution in [0.15, 0.2) is 29.3 Å². The van der Waals surface area contributed by atoms with Crippen molar-refractivity contribution in [2.75, 3.05) is 13.1 Å². The third-order valence-electron chi connectivity index (χ3n) is 3.03. The lowest BCUT2D eigenvalue weighted by atomic mass is 10.1. The van der Waals surface area contributed by atoms with E-state index >= 15 is 0 Å². The summed E-state index contributed by atoms with van der Waals surface area (Å²) in [5.41, 5.74) is 12.6. The van der Waals surface area contributed by atoms with Gasteiger partial charge in [0.1, 0.15) is 0 Å². The lowest BCUT2D eigenvalue weighted by molar-refractivity contribution is 0.0810. The highest BCUT2D eigenvalue weighted by Gasteiger charge is 2.19. The van der Waals surface area contributed by atoms with E-state index in [4.69, 9.17) is 11.5 Å². The zero-order valence-corrected chi connectivity index (χ0v) is 11.7. The molecule has 0 aromatic heterocycles. The van der Waals surface area contributed by atoms with Crippen LogP contribution in [0.5, 0.6) is 0 Å². The summed E-state index contributed by atoms with van der Waals surface area (Å²) in [7, 11) is 0. The summed E-state index contributed by atoms with van der Waals surface area (Å²) in [5.74, 6) is -1.04. The number of nitrogens with two attached hydrogens (primary N) is 2. The Bertz CT molecular complexity index is 414. The number of aliphatic imine (C=N–C) groups is 1. The van der Waals surface area contributed by atoms with Gasteiger partial charge in [0.25, 0.3) is 0 Å². The number of alkyl halides is 2. The fourth-order valence-corrected chi connectivity index (χ4v) is 1.75. The summed E-state index contributed by atoms with van der Waals surface area (Å²) in [4.78, 5) is 3.65. The molecule has 6 heteroatoms. The number of rotatable bonds is 8. The molecule has 0 radical (unpaired) electrons. The van der Waals surface area contributed by atoms with Crippen LogP contribution in [0.3, 0.4) is 0 Å². The van der Waals surface area contributed by atoms with Gasteiger partial charge in [-0.25, -0.2) is 8.78 Å². The summed E-state index contributed by atoms with van der Waals surface area (Å²) in [6.45, 7) is 2.74. The van der Waals surface area contributed by atoms with Crippen LogP contribution in [0.4, 0.5) is 8.78 Å². The minimum absolute atomic E-state index is 0.0677. The summed E-state index contributed by atoms with van der Waals surface area (Å²) < 4.78 is 25.6. The monoisotopic (exact) mass is 284 g/mol. The van der Waals surface area contributed by atoms with Gasteiger partial charge in [-0.3, -0.25) is 4.99 Å². The van der Waals surface area contributed by atoms with Crippen molar-refractivity contribution in [3.8, 4) is 0 Å². The van der Waals surface area contributed by atoms with E-state index in [9.17, 15) is 8.78 Å². The first-order valence-electron chi connectivity index (χ1n) is 6.65. The van der Waals surface area contributed by atoms with E-state index in [0.717, 1.165) is 12.0 Å². The van der Waals surface area contributed by atoms with Crippen molar-refractivity contribution in [3.05, 3.63) is 35.4 Å². The van der Waals surface area contributed by atoms with E-state index in [1.54, 1.807) is 0 Å². The Hall–Kier alpha value is -1.69. The second-order valence-electron chi connectivity index (χ2n) is 4.66. The topological polar surface area (TPSA) is 76.4 Å². The predicted octanol–water partition coefficient (Wildman–Crippen LogP) is 1.49. The zero-order valence-electron chi connectivity index (χ0n) is 11.7. The van der Waals surface area contributed by atoms with Crippen LogP contribution in [0, 0.1) is 5.92 Å². The van der Waals surface area contributed by atoms with Gasteiger partial charge in [0.2, 0.25) is 6.43 Å². The number of aryl methyl sites for hydroxylation is 1. The molecule has 0 saturated carbocycles. The van der Waals surface area contributed by atoms with Crippen molar-refractivity contribution in [2.24, 2.45) is 22.4 Å². The normalized spacial score (nSPS) is 12.4. The molecular weight excluding hydrogens is 262 g/mol. The van der Waals surface area contributed by atoms with Crippen LogP contribution >= 0.6 is 0 Å². The smallest absolute Gasteiger partial charge is 0.244 e. The number of guanidine groups is 1. The summed E-state index contributed by atoms with van der Waals surface area (Å²) in [5, 5.41) is 3.01. The van der Waals surface area contributed by atoms with E-state index < -0.39 is 12.3 Å². The molecule has 0 fully saturated rings. The Morgan fingerprint density at radius 3 is 2.30 bits per heavy atom. The number of nitrogens with one attached hydrogen (secondary N) is 1. The number of nitrogens with zero attached hydrogens (tertiary/aromatic N) is 1. The highest BCUT2D eigenvalue weighted by molar-refractivity contribution is 5.75.